The molecule has 0 saturated carbocycles. The largest absolute Gasteiger partial charge is 0.309 e. The molecule has 0 bridgehead atoms. The van der Waals surface area contributed by atoms with E-state index in [4.69, 9.17) is 9.97 Å². The van der Waals surface area contributed by atoms with Crippen molar-refractivity contribution in [1.82, 2.24) is 14.5 Å². The Kier molecular flexibility index (Phi) is 6.84. The highest BCUT2D eigenvalue weighted by Gasteiger charge is 2.35. The van der Waals surface area contributed by atoms with Crippen molar-refractivity contribution in [1.29, 1.82) is 0 Å². The molecule has 0 saturated heterocycles. The van der Waals surface area contributed by atoms with Gasteiger partial charge >= 0.3 is 0 Å². The minimum absolute atomic E-state index is 0.0285. The van der Waals surface area contributed by atoms with E-state index in [0.29, 0.717) is 5.82 Å². The van der Waals surface area contributed by atoms with Gasteiger partial charge in [0.05, 0.1) is 22.4 Å². The molecular weight excluding hydrogens is 631 g/mol. The van der Waals surface area contributed by atoms with E-state index in [-0.39, 0.29) is 5.41 Å². The molecule has 1 aliphatic rings. The second-order valence-electron chi connectivity index (χ2n) is 14.2. The van der Waals surface area contributed by atoms with Crippen LogP contribution >= 0.6 is 0 Å². The van der Waals surface area contributed by atoms with Crippen LogP contribution in [0.1, 0.15) is 25.0 Å². The van der Waals surface area contributed by atoms with E-state index in [1.165, 1.54) is 38.8 Å². The fraction of sp³-hybridized carbons (Fsp3) is 0.0612. The van der Waals surface area contributed by atoms with Gasteiger partial charge in [0.2, 0.25) is 0 Å². The van der Waals surface area contributed by atoms with Crippen molar-refractivity contribution in [2.24, 2.45) is 0 Å². The van der Waals surface area contributed by atoms with Crippen molar-refractivity contribution in [2.45, 2.75) is 19.3 Å². The number of hydrogen-bond acceptors (Lipinski definition) is 2. The molecular formula is C49H35N3. The van der Waals surface area contributed by atoms with E-state index in [1.807, 2.05) is 12.1 Å². The maximum atomic E-state index is 5.27. The zero-order chi connectivity index (χ0) is 34.8. The lowest BCUT2D eigenvalue weighted by atomic mass is 9.82. The smallest absolute Gasteiger partial charge is 0.161 e. The molecule has 9 aromatic rings. The van der Waals surface area contributed by atoms with Gasteiger partial charge in [-0.3, -0.25) is 0 Å². The summed E-state index contributed by atoms with van der Waals surface area (Å²) in [5, 5.41) is 2.31. The highest BCUT2D eigenvalue weighted by Crippen LogP contribution is 2.50. The van der Waals surface area contributed by atoms with Gasteiger partial charge in [-0.1, -0.05) is 147 Å². The number of rotatable bonds is 5. The fourth-order valence-corrected chi connectivity index (χ4v) is 8.27. The molecule has 0 fully saturated rings. The van der Waals surface area contributed by atoms with Crippen LogP contribution in [-0.4, -0.2) is 14.5 Å². The van der Waals surface area contributed by atoms with Crippen molar-refractivity contribution in [3.05, 3.63) is 187 Å². The Labute approximate surface area is 303 Å². The van der Waals surface area contributed by atoms with Gasteiger partial charge in [0.25, 0.3) is 0 Å². The summed E-state index contributed by atoms with van der Waals surface area (Å²) in [6.07, 6.45) is 0. The van der Waals surface area contributed by atoms with Crippen LogP contribution in [0, 0.1) is 0 Å². The Bertz CT molecular complexity index is 2740. The summed E-state index contributed by atoms with van der Waals surface area (Å²) < 4.78 is 2.37. The fourth-order valence-electron chi connectivity index (χ4n) is 8.27. The van der Waals surface area contributed by atoms with Crippen LogP contribution in [0.25, 0.3) is 83.6 Å². The first-order valence-electron chi connectivity index (χ1n) is 17.9. The number of hydrogen-bond donors (Lipinski definition) is 0. The van der Waals surface area contributed by atoms with Crippen LogP contribution in [0.4, 0.5) is 0 Å². The van der Waals surface area contributed by atoms with E-state index in [0.717, 1.165) is 50.2 Å². The van der Waals surface area contributed by atoms with Crippen molar-refractivity contribution >= 4 is 21.8 Å². The highest BCUT2D eigenvalue weighted by molar-refractivity contribution is 6.16. The van der Waals surface area contributed by atoms with Gasteiger partial charge in [0.1, 0.15) is 0 Å². The summed E-state index contributed by atoms with van der Waals surface area (Å²) in [4.78, 5) is 10.5. The molecule has 10 rings (SSSR count). The molecule has 52 heavy (non-hydrogen) atoms. The van der Waals surface area contributed by atoms with Gasteiger partial charge in [-0.2, -0.15) is 0 Å². The molecule has 0 amide bonds. The van der Waals surface area contributed by atoms with Gasteiger partial charge in [-0.15, -0.1) is 0 Å². The second-order valence-corrected chi connectivity index (χ2v) is 14.2. The normalized spacial score (nSPS) is 13.0. The van der Waals surface area contributed by atoms with Crippen molar-refractivity contribution < 1.29 is 0 Å². The number of para-hydroxylation sites is 1. The summed E-state index contributed by atoms with van der Waals surface area (Å²) in [5.74, 6) is 0.708. The van der Waals surface area contributed by atoms with Gasteiger partial charge in [0.15, 0.2) is 5.82 Å². The molecule has 0 N–H and O–H groups in total. The molecule has 2 heterocycles. The molecule has 0 unspecified atom stereocenters. The second kappa shape index (κ2) is 11.8. The highest BCUT2D eigenvalue weighted by atomic mass is 15.0. The zero-order valence-corrected chi connectivity index (χ0v) is 29.1. The van der Waals surface area contributed by atoms with E-state index >= 15 is 0 Å². The Morgan fingerprint density at radius 3 is 1.71 bits per heavy atom. The van der Waals surface area contributed by atoms with Gasteiger partial charge < -0.3 is 4.57 Å². The Morgan fingerprint density at radius 1 is 0.423 bits per heavy atom. The van der Waals surface area contributed by atoms with Gasteiger partial charge in [-0.25, -0.2) is 9.97 Å². The Hall–Kier alpha value is -6.58. The lowest BCUT2D eigenvalue weighted by Crippen LogP contribution is -2.14. The molecule has 0 radical (unpaired) electrons. The SMILES string of the molecule is CC1(C)c2ccccc2-c2cc(-c3ccc4c(c3)c3c(-c5nc(-c6ccccc6)cc(-c6ccccc6)n5)cccc3n4-c3ccccc3)ccc21. The van der Waals surface area contributed by atoms with Gasteiger partial charge in [-0.05, 0) is 75.8 Å². The third-order valence-electron chi connectivity index (χ3n) is 10.8. The van der Waals surface area contributed by atoms with Crippen LogP contribution in [0.3, 0.4) is 0 Å². The van der Waals surface area contributed by atoms with Crippen molar-refractivity contribution in [2.75, 3.05) is 0 Å². The summed E-state index contributed by atoms with van der Waals surface area (Å²) in [6, 6.07) is 62.9. The minimum Gasteiger partial charge on any atom is -0.309 e. The lowest BCUT2D eigenvalue weighted by Gasteiger charge is -2.21. The van der Waals surface area contributed by atoms with E-state index < -0.39 is 0 Å². The maximum absolute atomic E-state index is 5.27. The van der Waals surface area contributed by atoms with E-state index in [2.05, 4.69) is 182 Å². The van der Waals surface area contributed by atoms with Crippen LogP contribution in [0.5, 0.6) is 0 Å². The van der Waals surface area contributed by atoms with E-state index in [9.17, 15) is 0 Å². The van der Waals surface area contributed by atoms with Crippen LogP contribution in [0.2, 0.25) is 0 Å². The first-order valence-corrected chi connectivity index (χ1v) is 17.9. The standard InChI is InChI=1S/C49H35N3/c1-49(2)41-23-13-12-21-37(41)39-29-34(25-27-42(39)49)35-26-28-45-40(30-35)47-38(22-14-24-46(47)52(45)36-19-10-5-11-20-36)48-50-43(32-15-6-3-7-16-32)31-44(51-48)33-17-8-4-9-18-33/h3-31H,1-2H3. The summed E-state index contributed by atoms with van der Waals surface area (Å²) in [7, 11) is 0. The number of benzene rings is 7. The van der Waals surface area contributed by atoms with Gasteiger partial charge in [0, 0.05) is 38.6 Å². The number of nitrogens with zero attached hydrogens (tertiary/aromatic N) is 3. The molecule has 3 heteroatoms. The summed E-state index contributed by atoms with van der Waals surface area (Å²) in [6.45, 7) is 4.67. The molecule has 0 spiro atoms. The average molecular weight is 666 g/mol. The average Bonchev–Trinajstić information content (AvgIpc) is 3.66. The third kappa shape index (κ3) is 4.74. The monoisotopic (exact) mass is 665 g/mol. The first-order chi connectivity index (χ1) is 25.5. The van der Waals surface area contributed by atoms with Crippen molar-refractivity contribution in [3.8, 4) is 61.8 Å². The number of fused-ring (bicyclic) bond motifs is 6. The lowest BCUT2D eigenvalue weighted by molar-refractivity contribution is 0.660. The molecule has 1 aliphatic carbocycles. The molecule has 3 nitrogen and oxygen atoms in total. The molecule has 7 aromatic carbocycles. The van der Waals surface area contributed by atoms with Crippen molar-refractivity contribution in [3.63, 3.8) is 0 Å². The molecule has 246 valence electrons. The quantitative estimate of drug-likeness (QED) is 0.183. The Morgan fingerprint density at radius 2 is 1.00 bits per heavy atom. The molecule has 0 aliphatic heterocycles. The molecule has 2 aromatic heterocycles. The minimum atomic E-state index is -0.0285. The Balaban J connectivity index is 1.23. The van der Waals surface area contributed by atoms with Crippen LogP contribution in [0.15, 0.2) is 176 Å². The first kappa shape index (κ1) is 30.3. The maximum Gasteiger partial charge on any atom is 0.161 e. The zero-order valence-electron chi connectivity index (χ0n) is 29.1. The summed E-state index contributed by atoms with van der Waals surface area (Å²) >= 11 is 0. The third-order valence-corrected chi connectivity index (χ3v) is 10.8. The van der Waals surface area contributed by atoms with Crippen LogP contribution < -0.4 is 0 Å². The predicted molar refractivity (Wildman–Crippen MR) is 216 cm³/mol. The summed E-state index contributed by atoms with van der Waals surface area (Å²) in [5.41, 5.74) is 16.1. The van der Waals surface area contributed by atoms with E-state index in [1.54, 1.807) is 0 Å². The number of aromatic nitrogens is 3. The van der Waals surface area contributed by atoms with Crippen LogP contribution in [-0.2, 0) is 5.41 Å². The predicted octanol–water partition coefficient (Wildman–Crippen LogP) is 12.5. The topological polar surface area (TPSA) is 30.7 Å². The molecule has 0 atom stereocenters.